The first-order chi connectivity index (χ1) is 9.11. The molecule has 0 fully saturated rings. The summed E-state index contributed by atoms with van der Waals surface area (Å²) in [6, 6.07) is 0. The van der Waals surface area contributed by atoms with Crippen molar-refractivity contribution >= 4 is 17.2 Å². The Bertz CT molecular complexity index is 534. The summed E-state index contributed by atoms with van der Waals surface area (Å²) in [6.07, 6.45) is 2.89. The van der Waals surface area contributed by atoms with E-state index in [0.29, 0.717) is 11.6 Å². The third-order valence-corrected chi connectivity index (χ3v) is 4.07. The average Bonchev–Trinajstić information content (AvgIpc) is 2.76. The number of thiazole rings is 1. The van der Waals surface area contributed by atoms with Crippen molar-refractivity contribution in [2.75, 3.05) is 5.73 Å². The molecule has 0 unspecified atom stereocenters. The van der Waals surface area contributed by atoms with Crippen molar-refractivity contribution in [1.82, 2.24) is 9.97 Å². The van der Waals surface area contributed by atoms with E-state index < -0.39 is 0 Å². The summed E-state index contributed by atoms with van der Waals surface area (Å²) in [6.45, 7) is 10.9. The minimum atomic E-state index is 0.577. The van der Waals surface area contributed by atoms with E-state index in [1.807, 2.05) is 27.0 Å². The third kappa shape index (κ3) is 3.73. The number of aryl methyl sites for hydroxylation is 2. The van der Waals surface area contributed by atoms with Crippen LogP contribution < -0.4 is 10.3 Å². The predicted molar refractivity (Wildman–Crippen MR) is 80.3 cm³/mol. The van der Waals surface area contributed by atoms with Gasteiger partial charge < -0.3 is 5.73 Å². The number of nitrogens with two attached hydrogens (primary N) is 1. The summed E-state index contributed by atoms with van der Waals surface area (Å²) in [5, 5.41) is 0. The lowest BCUT2D eigenvalue weighted by molar-refractivity contribution is -0.689. The smallest absolute Gasteiger partial charge is 0.225 e. The van der Waals surface area contributed by atoms with Gasteiger partial charge in [-0.15, -0.1) is 0 Å². The van der Waals surface area contributed by atoms with Crippen LogP contribution in [0.25, 0.3) is 0 Å². The molecule has 0 aliphatic rings. The molecule has 2 N–H and O–H groups in total. The molecule has 5 heteroatoms. The van der Waals surface area contributed by atoms with Crippen molar-refractivity contribution in [3.8, 4) is 0 Å². The second-order valence-corrected chi connectivity index (χ2v) is 4.98. The van der Waals surface area contributed by atoms with Gasteiger partial charge in [0.25, 0.3) is 0 Å². The monoisotopic (exact) mass is 279 g/mol. The van der Waals surface area contributed by atoms with Crippen molar-refractivity contribution in [1.29, 1.82) is 0 Å². The molecule has 0 atom stereocenters. The zero-order valence-corrected chi connectivity index (χ0v) is 13.2. The van der Waals surface area contributed by atoms with E-state index in [9.17, 15) is 0 Å². The van der Waals surface area contributed by atoms with Crippen molar-refractivity contribution in [3.63, 3.8) is 0 Å². The zero-order valence-electron chi connectivity index (χ0n) is 12.4. The SMILES string of the molecule is CC.CCc1sc[n+](Cc2cnc(C)nc2N)c1C. The van der Waals surface area contributed by atoms with Gasteiger partial charge in [-0.3, -0.25) is 0 Å². The highest BCUT2D eigenvalue weighted by atomic mass is 32.1. The summed E-state index contributed by atoms with van der Waals surface area (Å²) in [7, 11) is 0. The molecule has 2 aromatic heterocycles. The first-order valence-electron chi connectivity index (χ1n) is 6.66. The van der Waals surface area contributed by atoms with Gasteiger partial charge >= 0.3 is 0 Å². The van der Waals surface area contributed by atoms with Gasteiger partial charge in [-0.1, -0.05) is 32.1 Å². The summed E-state index contributed by atoms with van der Waals surface area (Å²) < 4.78 is 2.20. The molecule has 2 aromatic rings. The van der Waals surface area contributed by atoms with Crippen LogP contribution in [0.4, 0.5) is 5.82 Å². The molecular formula is C14H23N4S+. The van der Waals surface area contributed by atoms with Crippen LogP contribution in [-0.4, -0.2) is 9.97 Å². The second-order valence-electron chi connectivity index (χ2n) is 4.04. The molecule has 0 aliphatic heterocycles. The maximum Gasteiger partial charge on any atom is 0.225 e. The highest BCUT2D eigenvalue weighted by Gasteiger charge is 2.16. The van der Waals surface area contributed by atoms with Gasteiger partial charge in [0.15, 0.2) is 12.2 Å². The number of hydrogen-bond donors (Lipinski definition) is 1. The lowest BCUT2D eigenvalue weighted by Gasteiger charge is -2.01. The van der Waals surface area contributed by atoms with Gasteiger partial charge in [-0.2, -0.15) is 4.57 Å². The van der Waals surface area contributed by atoms with Crippen LogP contribution >= 0.6 is 11.3 Å². The van der Waals surface area contributed by atoms with E-state index in [1.165, 1.54) is 10.6 Å². The van der Waals surface area contributed by atoms with E-state index in [1.54, 1.807) is 11.3 Å². The Hall–Kier alpha value is -1.49. The molecule has 0 aliphatic carbocycles. The Morgan fingerprint density at radius 3 is 2.53 bits per heavy atom. The summed E-state index contributed by atoms with van der Waals surface area (Å²) in [4.78, 5) is 9.79. The normalized spacial score (nSPS) is 9.95. The topological polar surface area (TPSA) is 55.7 Å². The van der Waals surface area contributed by atoms with Gasteiger partial charge in [0, 0.05) is 13.1 Å². The summed E-state index contributed by atoms with van der Waals surface area (Å²) in [5.41, 5.74) is 10.3. The maximum atomic E-state index is 5.90. The quantitative estimate of drug-likeness (QED) is 0.879. The first kappa shape index (κ1) is 15.6. The molecule has 0 bridgehead atoms. The third-order valence-electron chi connectivity index (χ3n) is 2.84. The van der Waals surface area contributed by atoms with Crippen LogP contribution in [0.1, 0.15) is 42.7 Å². The van der Waals surface area contributed by atoms with Crippen molar-refractivity contribution in [3.05, 3.63) is 33.7 Å². The van der Waals surface area contributed by atoms with Gasteiger partial charge in [0.1, 0.15) is 11.6 Å². The minimum absolute atomic E-state index is 0.577. The number of anilines is 1. The van der Waals surface area contributed by atoms with Gasteiger partial charge in [-0.25, -0.2) is 9.97 Å². The molecule has 0 saturated carbocycles. The molecule has 0 aromatic carbocycles. The van der Waals surface area contributed by atoms with E-state index >= 15 is 0 Å². The molecule has 0 amide bonds. The Labute approximate surface area is 119 Å². The highest BCUT2D eigenvalue weighted by molar-refractivity contribution is 7.09. The number of nitrogen functional groups attached to an aromatic ring is 1. The van der Waals surface area contributed by atoms with E-state index in [-0.39, 0.29) is 0 Å². The van der Waals surface area contributed by atoms with Gasteiger partial charge in [0.2, 0.25) is 5.51 Å². The van der Waals surface area contributed by atoms with Crippen LogP contribution in [0.2, 0.25) is 0 Å². The summed E-state index contributed by atoms with van der Waals surface area (Å²) >= 11 is 1.79. The second kappa shape index (κ2) is 7.19. The number of rotatable bonds is 3. The lowest BCUT2D eigenvalue weighted by atomic mass is 10.2. The maximum absolute atomic E-state index is 5.90. The van der Waals surface area contributed by atoms with Crippen molar-refractivity contribution < 1.29 is 4.57 Å². The minimum Gasteiger partial charge on any atom is -0.383 e. The molecular weight excluding hydrogens is 256 g/mol. The van der Waals surface area contributed by atoms with Crippen LogP contribution in [0.5, 0.6) is 0 Å². The van der Waals surface area contributed by atoms with E-state index in [4.69, 9.17) is 5.73 Å². The number of aromatic nitrogens is 3. The van der Waals surface area contributed by atoms with Crippen LogP contribution in [0.15, 0.2) is 11.7 Å². The fourth-order valence-corrected chi connectivity index (χ4v) is 2.71. The molecule has 104 valence electrons. The Kier molecular flexibility index (Phi) is 5.89. The average molecular weight is 279 g/mol. The number of nitrogens with zero attached hydrogens (tertiary/aromatic N) is 3. The predicted octanol–water partition coefficient (Wildman–Crippen LogP) is 2.66. The Balaban J connectivity index is 0.000000861. The standard InChI is InChI=1S/C12H17N4S.C2H6/c1-4-11-8(2)16(7-17-11)6-10-5-14-9(3)15-12(10)13;1-2/h5,7H,4,6H2,1-3H3,(H2,13,14,15);1-2H3/q+1;. The van der Waals surface area contributed by atoms with Crippen LogP contribution in [0.3, 0.4) is 0 Å². The largest absolute Gasteiger partial charge is 0.383 e. The summed E-state index contributed by atoms with van der Waals surface area (Å²) in [5.74, 6) is 1.29. The fraction of sp³-hybridized carbons (Fsp3) is 0.500. The zero-order chi connectivity index (χ0) is 14.4. The molecule has 2 heterocycles. The molecule has 0 saturated heterocycles. The van der Waals surface area contributed by atoms with Gasteiger partial charge in [0.05, 0.1) is 10.4 Å². The van der Waals surface area contributed by atoms with Gasteiger partial charge in [-0.05, 0) is 13.3 Å². The van der Waals surface area contributed by atoms with E-state index in [2.05, 4.69) is 33.9 Å². The van der Waals surface area contributed by atoms with E-state index in [0.717, 1.165) is 18.5 Å². The van der Waals surface area contributed by atoms with Crippen LogP contribution in [-0.2, 0) is 13.0 Å². The van der Waals surface area contributed by atoms with Crippen molar-refractivity contribution in [2.45, 2.75) is 47.6 Å². The van der Waals surface area contributed by atoms with Crippen molar-refractivity contribution in [2.24, 2.45) is 0 Å². The molecule has 19 heavy (non-hydrogen) atoms. The first-order valence-corrected chi connectivity index (χ1v) is 7.54. The highest BCUT2D eigenvalue weighted by Crippen LogP contribution is 2.13. The molecule has 2 rings (SSSR count). The van der Waals surface area contributed by atoms with Crippen LogP contribution in [0, 0.1) is 13.8 Å². The molecule has 0 radical (unpaired) electrons. The molecule has 4 nitrogen and oxygen atoms in total. The number of hydrogen-bond acceptors (Lipinski definition) is 4. The Morgan fingerprint density at radius 2 is 2.00 bits per heavy atom. The molecule has 0 spiro atoms. The lowest BCUT2D eigenvalue weighted by Crippen LogP contribution is -2.35. The Morgan fingerprint density at radius 1 is 1.32 bits per heavy atom. The fourth-order valence-electron chi connectivity index (χ4n) is 1.76.